The van der Waals surface area contributed by atoms with Crippen molar-refractivity contribution in [2.75, 3.05) is 12.3 Å². The van der Waals surface area contributed by atoms with E-state index in [9.17, 15) is 0 Å². The molecule has 2 fully saturated rings. The van der Waals surface area contributed by atoms with E-state index in [4.69, 9.17) is 5.73 Å². The van der Waals surface area contributed by atoms with Gasteiger partial charge >= 0.3 is 0 Å². The van der Waals surface area contributed by atoms with Crippen molar-refractivity contribution in [2.45, 2.75) is 38.3 Å². The Morgan fingerprint density at radius 2 is 2.11 bits per heavy atom. The number of nitrogens with one attached hydrogen (secondary N) is 1. The smallest absolute Gasteiger partial charge is 0.121 e. The van der Waals surface area contributed by atoms with Crippen LogP contribution >= 0.6 is 0 Å². The van der Waals surface area contributed by atoms with Crippen molar-refractivity contribution in [2.24, 2.45) is 5.92 Å². The summed E-state index contributed by atoms with van der Waals surface area (Å²) in [6, 6.07) is 6.68. The van der Waals surface area contributed by atoms with E-state index in [2.05, 4.69) is 14.9 Å². The van der Waals surface area contributed by atoms with Crippen LogP contribution in [0.1, 0.15) is 31.5 Å². The van der Waals surface area contributed by atoms with Crippen LogP contribution < -0.4 is 5.73 Å². The quantitative estimate of drug-likeness (QED) is 0.808. The van der Waals surface area contributed by atoms with E-state index in [1.165, 1.54) is 32.2 Å². The first-order chi connectivity index (χ1) is 9.28. The van der Waals surface area contributed by atoms with Crippen molar-refractivity contribution in [1.29, 1.82) is 0 Å². The molecule has 3 N–H and O–H groups in total. The van der Waals surface area contributed by atoms with Gasteiger partial charge in [-0.15, -0.1) is 0 Å². The van der Waals surface area contributed by atoms with Crippen LogP contribution in [0, 0.1) is 5.92 Å². The zero-order chi connectivity index (χ0) is 12.8. The molecule has 0 radical (unpaired) electrons. The van der Waals surface area contributed by atoms with Crippen LogP contribution in [-0.2, 0) is 6.54 Å². The van der Waals surface area contributed by atoms with Crippen LogP contribution in [0.15, 0.2) is 18.2 Å². The van der Waals surface area contributed by atoms with E-state index in [1.807, 2.05) is 18.2 Å². The molecule has 0 unspecified atom stereocenters. The van der Waals surface area contributed by atoms with Gasteiger partial charge in [-0.3, -0.25) is 4.90 Å². The summed E-state index contributed by atoms with van der Waals surface area (Å²) in [6.07, 6.45) is 5.56. The number of fused-ring (bicyclic) bond motifs is 1. The molecule has 0 bridgehead atoms. The van der Waals surface area contributed by atoms with E-state index in [0.717, 1.165) is 41.0 Å². The first kappa shape index (κ1) is 11.3. The first-order valence-electron chi connectivity index (χ1n) is 7.26. The second-order valence-electron chi connectivity index (χ2n) is 6.06. The molecule has 2 aliphatic carbocycles. The Morgan fingerprint density at radius 1 is 1.26 bits per heavy atom. The Kier molecular flexibility index (Phi) is 2.52. The summed E-state index contributed by atoms with van der Waals surface area (Å²) in [5.74, 6) is 2.02. The minimum absolute atomic E-state index is 0.791. The zero-order valence-electron chi connectivity index (χ0n) is 11.1. The van der Waals surface area contributed by atoms with Gasteiger partial charge in [0, 0.05) is 18.3 Å². The summed E-state index contributed by atoms with van der Waals surface area (Å²) >= 11 is 0. The van der Waals surface area contributed by atoms with Gasteiger partial charge in [-0.2, -0.15) is 0 Å². The summed E-state index contributed by atoms with van der Waals surface area (Å²) in [5.41, 5.74) is 8.67. The maximum Gasteiger partial charge on any atom is 0.121 e. The molecule has 0 spiro atoms. The highest BCUT2D eigenvalue weighted by Crippen LogP contribution is 2.35. The number of nitrogens with zero attached hydrogens (tertiary/aromatic N) is 2. The summed E-state index contributed by atoms with van der Waals surface area (Å²) in [6.45, 7) is 2.21. The number of nitrogen functional groups attached to an aromatic ring is 1. The molecule has 2 saturated carbocycles. The van der Waals surface area contributed by atoms with Crippen molar-refractivity contribution in [1.82, 2.24) is 14.9 Å². The number of imidazole rings is 1. The SMILES string of the molecule is Nc1ccc2nc(CN(CC3CC3)C3CC3)[nH]c2c1. The lowest BCUT2D eigenvalue weighted by atomic mass is 10.3. The van der Waals surface area contributed by atoms with E-state index in [1.54, 1.807) is 0 Å². The highest BCUT2D eigenvalue weighted by Gasteiger charge is 2.33. The van der Waals surface area contributed by atoms with Gasteiger partial charge in [-0.05, 0) is 49.8 Å². The van der Waals surface area contributed by atoms with Crippen molar-refractivity contribution in [3.8, 4) is 0 Å². The Morgan fingerprint density at radius 3 is 2.84 bits per heavy atom. The zero-order valence-corrected chi connectivity index (χ0v) is 11.1. The Bertz CT molecular complexity index is 595. The molecule has 19 heavy (non-hydrogen) atoms. The van der Waals surface area contributed by atoms with Gasteiger partial charge in [0.15, 0.2) is 0 Å². The summed E-state index contributed by atoms with van der Waals surface area (Å²) in [4.78, 5) is 10.7. The second kappa shape index (κ2) is 4.23. The lowest BCUT2D eigenvalue weighted by molar-refractivity contribution is 0.239. The van der Waals surface area contributed by atoms with Crippen molar-refractivity contribution >= 4 is 16.7 Å². The molecule has 0 amide bonds. The van der Waals surface area contributed by atoms with Crippen molar-refractivity contribution < 1.29 is 0 Å². The predicted molar refractivity (Wildman–Crippen MR) is 76.7 cm³/mol. The van der Waals surface area contributed by atoms with Gasteiger partial charge in [0.2, 0.25) is 0 Å². The monoisotopic (exact) mass is 256 g/mol. The Labute approximate surface area is 113 Å². The third-order valence-electron chi connectivity index (χ3n) is 4.16. The number of rotatable bonds is 5. The maximum absolute atomic E-state index is 5.81. The van der Waals surface area contributed by atoms with Crippen molar-refractivity contribution in [3.05, 3.63) is 24.0 Å². The normalized spacial score (nSPS) is 19.4. The average molecular weight is 256 g/mol. The van der Waals surface area contributed by atoms with Gasteiger partial charge in [0.25, 0.3) is 0 Å². The standard InChI is InChI=1S/C15H20N4/c16-11-3-6-13-14(7-11)18-15(17-13)9-19(12-4-5-12)8-10-1-2-10/h3,6-7,10,12H,1-2,4-5,8-9,16H2,(H,17,18). The van der Waals surface area contributed by atoms with Gasteiger partial charge < -0.3 is 10.7 Å². The third-order valence-corrected chi connectivity index (χ3v) is 4.16. The van der Waals surface area contributed by atoms with Crippen LogP contribution in [0.5, 0.6) is 0 Å². The molecule has 4 heteroatoms. The predicted octanol–water partition coefficient (Wildman–Crippen LogP) is 2.52. The van der Waals surface area contributed by atoms with Crippen LogP contribution in [0.2, 0.25) is 0 Å². The van der Waals surface area contributed by atoms with Gasteiger partial charge in [0.1, 0.15) is 5.82 Å². The molecule has 2 aliphatic rings. The number of H-pyrrole nitrogens is 1. The highest BCUT2D eigenvalue weighted by molar-refractivity contribution is 5.78. The number of nitrogens with two attached hydrogens (primary N) is 1. The van der Waals surface area contributed by atoms with E-state index in [0.29, 0.717) is 0 Å². The fraction of sp³-hybridized carbons (Fsp3) is 0.533. The lowest BCUT2D eigenvalue weighted by Crippen LogP contribution is -2.28. The van der Waals surface area contributed by atoms with E-state index < -0.39 is 0 Å². The Hall–Kier alpha value is -1.55. The first-order valence-corrected chi connectivity index (χ1v) is 7.26. The molecule has 0 aliphatic heterocycles. The number of benzene rings is 1. The average Bonchev–Trinajstić information content (AvgIpc) is 3.25. The number of aromatic amines is 1. The van der Waals surface area contributed by atoms with Gasteiger partial charge in [0.05, 0.1) is 17.6 Å². The molecule has 1 aromatic heterocycles. The minimum Gasteiger partial charge on any atom is -0.399 e. The van der Waals surface area contributed by atoms with E-state index in [-0.39, 0.29) is 0 Å². The fourth-order valence-corrected chi connectivity index (χ4v) is 2.76. The summed E-state index contributed by atoms with van der Waals surface area (Å²) in [5, 5.41) is 0. The summed E-state index contributed by atoms with van der Waals surface area (Å²) in [7, 11) is 0. The molecule has 4 nitrogen and oxygen atoms in total. The van der Waals surface area contributed by atoms with Crippen molar-refractivity contribution in [3.63, 3.8) is 0 Å². The third kappa shape index (κ3) is 2.45. The van der Waals surface area contributed by atoms with Crippen LogP contribution in [0.4, 0.5) is 5.69 Å². The second-order valence-corrected chi connectivity index (χ2v) is 6.06. The fourth-order valence-electron chi connectivity index (χ4n) is 2.76. The molecule has 2 aromatic rings. The number of aromatic nitrogens is 2. The largest absolute Gasteiger partial charge is 0.399 e. The molecule has 1 heterocycles. The van der Waals surface area contributed by atoms with Crippen LogP contribution in [0.25, 0.3) is 11.0 Å². The topological polar surface area (TPSA) is 57.9 Å². The van der Waals surface area contributed by atoms with E-state index >= 15 is 0 Å². The number of hydrogen-bond donors (Lipinski definition) is 2. The number of anilines is 1. The number of hydrogen-bond acceptors (Lipinski definition) is 3. The van der Waals surface area contributed by atoms with Gasteiger partial charge in [-0.1, -0.05) is 0 Å². The molecule has 0 saturated heterocycles. The minimum atomic E-state index is 0.791. The molecule has 0 atom stereocenters. The molecule has 1 aromatic carbocycles. The maximum atomic E-state index is 5.81. The summed E-state index contributed by atoms with van der Waals surface area (Å²) < 4.78 is 0. The molecule has 4 rings (SSSR count). The van der Waals surface area contributed by atoms with Crippen LogP contribution in [0.3, 0.4) is 0 Å². The van der Waals surface area contributed by atoms with Gasteiger partial charge in [-0.25, -0.2) is 4.98 Å². The Balaban J connectivity index is 1.55. The molecule has 100 valence electrons. The molecular formula is C15H20N4. The molecular weight excluding hydrogens is 236 g/mol. The van der Waals surface area contributed by atoms with Crippen LogP contribution in [-0.4, -0.2) is 27.5 Å². The lowest BCUT2D eigenvalue weighted by Gasteiger charge is -2.20. The highest BCUT2D eigenvalue weighted by atomic mass is 15.2.